The molecule has 0 radical (unpaired) electrons. The monoisotopic (exact) mass is 488 g/mol. The van der Waals surface area contributed by atoms with Crippen LogP contribution in [0.1, 0.15) is 38.7 Å². The van der Waals surface area contributed by atoms with Gasteiger partial charge in [0.1, 0.15) is 6.61 Å². The Kier molecular flexibility index (Phi) is 14.3. The lowest BCUT2D eigenvalue weighted by atomic mass is 9.96. The van der Waals surface area contributed by atoms with Crippen molar-refractivity contribution in [2.75, 3.05) is 33.0 Å². The van der Waals surface area contributed by atoms with Gasteiger partial charge in [0.05, 0.1) is 37.2 Å². The Morgan fingerprint density at radius 2 is 1.71 bits per heavy atom. The van der Waals surface area contributed by atoms with Crippen molar-refractivity contribution in [3.8, 4) is 0 Å². The minimum Gasteiger partial charge on any atom is -0.463 e. The number of amides is 2. The average Bonchev–Trinajstić information content (AvgIpc) is 2.82. The lowest BCUT2D eigenvalue weighted by molar-refractivity contribution is -0.151. The van der Waals surface area contributed by atoms with Gasteiger partial charge in [-0.25, -0.2) is 0 Å². The van der Waals surface area contributed by atoms with Gasteiger partial charge in [-0.3, -0.25) is 14.4 Å². The highest BCUT2D eigenvalue weighted by molar-refractivity contribution is 5.86. The highest BCUT2D eigenvalue weighted by atomic mass is 16.5. The molecular weight excluding hydrogens is 448 g/mol. The van der Waals surface area contributed by atoms with E-state index in [1.165, 1.54) is 0 Å². The van der Waals surface area contributed by atoms with E-state index in [1.807, 2.05) is 30.3 Å². The summed E-state index contributed by atoms with van der Waals surface area (Å²) in [5, 5.41) is 14.3. The maximum atomic E-state index is 12.9. The Balaban J connectivity index is 2.60. The Morgan fingerprint density at radius 1 is 1.06 bits per heavy atom. The quantitative estimate of drug-likeness (QED) is 0.166. The second-order valence-corrected chi connectivity index (χ2v) is 9.00. The van der Waals surface area contributed by atoms with E-state index >= 15 is 0 Å². The van der Waals surface area contributed by atoms with Gasteiger partial charge in [0.25, 0.3) is 0 Å². The number of carbonyl (C=O) groups is 3. The molecule has 2 amide bonds. The minimum absolute atomic E-state index is 0.00475. The summed E-state index contributed by atoms with van der Waals surface area (Å²) >= 11 is 0. The van der Waals surface area contributed by atoms with Crippen molar-refractivity contribution in [2.45, 2.75) is 45.1 Å². The molecule has 8 nitrogen and oxygen atoms in total. The average molecular weight is 489 g/mol. The van der Waals surface area contributed by atoms with Crippen LogP contribution in [-0.2, 0) is 30.3 Å². The lowest BCUT2D eigenvalue weighted by Crippen LogP contribution is -2.50. The molecule has 2 atom stereocenters. The predicted octanol–water partition coefficient (Wildman–Crippen LogP) is 2.57. The Morgan fingerprint density at radius 3 is 2.34 bits per heavy atom. The van der Waals surface area contributed by atoms with Crippen LogP contribution in [-0.4, -0.2) is 61.4 Å². The third-order valence-electron chi connectivity index (χ3n) is 5.20. The summed E-state index contributed by atoms with van der Waals surface area (Å²) in [5.41, 5.74) is 0.209. The van der Waals surface area contributed by atoms with Gasteiger partial charge in [-0.15, -0.1) is 13.2 Å². The summed E-state index contributed by atoms with van der Waals surface area (Å²) in [6.45, 7) is 11.6. The molecule has 0 aliphatic heterocycles. The smallest absolute Gasteiger partial charge is 0.309 e. The van der Waals surface area contributed by atoms with E-state index < -0.39 is 11.5 Å². The van der Waals surface area contributed by atoms with Crippen LogP contribution in [0, 0.1) is 11.8 Å². The predicted molar refractivity (Wildman–Crippen MR) is 135 cm³/mol. The summed E-state index contributed by atoms with van der Waals surface area (Å²) in [4.78, 5) is 37.8. The van der Waals surface area contributed by atoms with Crippen LogP contribution in [0.25, 0.3) is 0 Å². The second kappa shape index (κ2) is 16.6. The molecule has 0 heterocycles. The summed E-state index contributed by atoms with van der Waals surface area (Å²) < 4.78 is 10.7. The first-order chi connectivity index (χ1) is 16.7. The van der Waals surface area contributed by atoms with Gasteiger partial charge in [-0.1, -0.05) is 42.5 Å². The number of hydrogen-bond donors (Lipinski definition) is 3. The number of allylic oxidation sites excluding steroid dienone is 2. The van der Waals surface area contributed by atoms with E-state index in [1.54, 1.807) is 26.0 Å². The van der Waals surface area contributed by atoms with E-state index in [0.717, 1.165) is 5.56 Å². The molecule has 8 heteroatoms. The van der Waals surface area contributed by atoms with E-state index in [0.29, 0.717) is 19.3 Å². The molecule has 1 rings (SSSR count). The van der Waals surface area contributed by atoms with Gasteiger partial charge in [-0.05, 0) is 38.7 Å². The molecular formula is C27H40N2O6. The third-order valence-corrected chi connectivity index (χ3v) is 5.20. The maximum Gasteiger partial charge on any atom is 0.309 e. The van der Waals surface area contributed by atoms with Gasteiger partial charge in [0.2, 0.25) is 11.8 Å². The van der Waals surface area contributed by atoms with Crippen molar-refractivity contribution in [1.82, 2.24) is 10.6 Å². The largest absolute Gasteiger partial charge is 0.463 e. The zero-order valence-electron chi connectivity index (χ0n) is 21.0. The zero-order valence-corrected chi connectivity index (χ0v) is 21.0. The molecule has 1 aromatic carbocycles. The summed E-state index contributed by atoms with van der Waals surface area (Å²) in [6.07, 6.45) is 4.65. The van der Waals surface area contributed by atoms with E-state index in [4.69, 9.17) is 14.6 Å². The van der Waals surface area contributed by atoms with Crippen LogP contribution in [0.4, 0.5) is 0 Å². The number of ether oxygens (including phenoxy) is 2. The number of hydrogen-bond acceptors (Lipinski definition) is 6. The summed E-state index contributed by atoms with van der Waals surface area (Å²) in [6, 6.07) is 9.70. The minimum atomic E-state index is -0.827. The first-order valence-electron chi connectivity index (χ1n) is 11.9. The van der Waals surface area contributed by atoms with Crippen molar-refractivity contribution in [3.63, 3.8) is 0 Å². The summed E-state index contributed by atoms with van der Waals surface area (Å²) in [7, 11) is 0. The molecule has 0 saturated heterocycles. The number of benzene rings is 1. The lowest BCUT2D eigenvalue weighted by Gasteiger charge is -2.29. The molecule has 0 aromatic heterocycles. The molecule has 194 valence electrons. The van der Waals surface area contributed by atoms with E-state index in [-0.39, 0.29) is 63.1 Å². The van der Waals surface area contributed by atoms with Crippen molar-refractivity contribution in [3.05, 3.63) is 61.2 Å². The maximum absolute atomic E-state index is 12.9. The van der Waals surface area contributed by atoms with Crippen molar-refractivity contribution in [1.29, 1.82) is 0 Å². The van der Waals surface area contributed by atoms with Crippen molar-refractivity contribution in [2.24, 2.45) is 11.8 Å². The van der Waals surface area contributed by atoms with Gasteiger partial charge in [-0.2, -0.15) is 0 Å². The first-order valence-corrected chi connectivity index (χ1v) is 11.9. The standard InChI is InChI=1S/C27H40N2O6/c1-5-10-22(19-24(31)28-14-16-34-17-15-30)25(32)29-27(3,4)20-35-26(33)23(11-6-2)18-21-12-8-7-9-13-21/h5-9,12-13,22-23,30H,1-2,10-11,14-20H2,3-4H3,(H,28,31)(H,29,32)/t22-,23+/m1/s1. The fraction of sp³-hybridized carbons (Fsp3) is 0.519. The molecule has 0 fully saturated rings. The van der Waals surface area contributed by atoms with Gasteiger partial charge in [0.15, 0.2) is 0 Å². The van der Waals surface area contributed by atoms with Crippen LogP contribution in [0.15, 0.2) is 55.6 Å². The number of esters is 1. The molecule has 0 spiro atoms. The Hall–Kier alpha value is -2.97. The van der Waals surface area contributed by atoms with Gasteiger partial charge < -0.3 is 25.2 Å². The van der Waals surface area contributed by atoms with E-state index in [2.05, 4.69) is 23.8 Å². The molecule has 35 heavy (non-hydrogen) atoms. The first kappa shape index (κ1) is 30.1. The zero-order chi connectivity index (χ0) is 26.1. The third kappa shape index (κ3) is 12.9. The molecule has 1 aromatic rings. The van der Waals surface area contributed by atoms with Gasteiger partial charge in [0, 0.05) is 13.0 Å². The fourth-order valence-electron chi connectivity index (χ4n) is 3.41. The van der Waals surface area contributed by atoms with Crippen molar-refractivity contribution < 1.29 is 29.0 Å². The van der Waals surface area contributed by atoms with Crippen LogP contribution in [0.3, 0.4) is 0 Å². The van der Waals surface area contributed by atoms with E-state index in [9.17, 15) is 14.4 Å². The van der Waals surface area contributed by atoms with Gasteiger partial charge >= 0.3 is 5.97 Å². The molecule has 0 aliphatic carbocycles. The number of nitrogens with one attached hydrogen (secondary N) is 2. The molecule has 0 bridgehead atoms. The number of aliphatic hydroxyl groups excluding tert-OH is 1. The topological polar surface area (TPSA) is 114 Å². The van der Waals surface area contributed by atoms with Crippen LogP contribution in [0.2, 0.25) is 0 Å². The van der Waals surface area contributed by atoms with Crippen molar-refractivity contribution >= 4 is 17.8 Å². The molecule has 0 aliphatic rings. The molecule has 0 unspecified atom stereocenters. The highest BCUT2D eigenvalue weighted by Gasteiger charge is 2.29. The Bertz CT molecular complexity index is 809. The molecule has 3 N–H and O–H groups in total. The molecule has 0 saturated carbocycles. The number of aliphatic hydroxyl groups is 1. The van der Waals surface area contributed by atoms with Crippen LogP contribution < -0.4 is 10.6 Å². The SMILES string of the molecule is C=CC[C@H](CC(=O)NCCOCCO)C(=O)NC(C)(C)COC(=O)[C@@H](CC=C)Cc1ccccc1. The Labute approximate surface area is 208 Å². The number of carbonyl (C=O) groups excluding carboxylic acids is 3. The normalized spacial score (nSPS) is 12.8. The number of rotatable bonds is 18. The second-order valence-electron chi connectivity index (χ2n) is 9.00. The fourth-order valence-corrected chi connectivity index (χ4v) is 3.41. The van der Waals surface area contributed by atoms with Crippen LogP contribution in [0.5, 0.6) is 0 Å². The van der Waals surface area contributed by atoms with Crippen LogP contribution >= 0.6 is 0 Å². The summed E-state index contributed by atoms with van der Waals surface area (Å²) in [5.74, 6) is -1.91. The highest BCUT2D eigenvalue weighted by Crippen LogP contribution is 2.17.